The summed E-state index contributed by atoms with van der Waals surface area (Å²) in [6, 6.07) is 12.5. The minimum atomic E-state index is -0.521. The van der Waals surface area contributed by atoms with Gasteiger partial charge >= 0.3 is 0 Å². The molecule has 26 heavy (non-hydrogen) atoms. The van der Waals surface area contributed by atoms with Gasteiger partial charge in [0.1, 0.15) is 5.75 Å². The third-order valence-electron chi connectivity index (χ3n) is 3.36. The third-order valence-corrected chi connectivity index (χ3v) is 4.06. The first-order valence-electron chi connectivity index (χ1n) is 7.52. The van der Waals surface area contributed by atoms with Crippen LogP contribution in [0.1, 0.15) is 0 Å². The van der Waals surface area contributed by atoms with E-state index in [1.54, 1.807) is 18.2 Å². The SMILES string of the molecule is CN(CC(=O)Nc1ccccc1Br)C(=O)COc1ccc([N+](=O)[O-])cc1. The molecule has 0 radical (unpaired) electrons. The second-order valence-corrected chi connectivity index (χ2v) is 6.17. The second kappa shape index (κ2) is 8.95. The fraction of sp³-hybridized carbons (Fsp3) is 0.176. The maximum absolute atomic E-state index is 12.0. The van der Waals surface area contributed by atoms with Crippen molar-refractivity contribution in [3.63, 3.8) is 0 Å². The van der Waals surface area contributed by atoms with Crippen molar-refractivity contribution in [3.8, 4) is 5.75 Å². The predicted molar refractivity (Wildman–Crippen MR) is 99.0 cm³/mol. The number of nitrogens with one attached hydrogen (secondary N) is 1. The first-order valence-corrected chi connectivity index (χ1v) is 8.31. The van der Waals surface area contributed by atoms with Gasteiger partial charge in [-0.1, -0.05) is 12.1 Å². The molecule has 136 valence electrons. The van der Waals surface area contributed by atoms with Crippen LogP contribution in [0.3, 0.4) is 0 Å². The van der Waals surface area contributed by atoms with E-state index < -0.39 is 10.8 Å². The minimum absolute atomic E-state index is 0.0652. The number of para-hydroxylation sites is 1. The van der Waals surface area contributed by atoms with Crippen LogP contribution in [0.5, 0.6) is 5.75 Å². The van der Waals surface area contributed by atoms with E-state index in [1.165, 1.54) is 36.2 Å². The Morgan fingerprint density at radius 2 is 1.85 bits per heavy atom. The average Bonchev–Trinajstić information content (AvgIpc) is 2.61. The summed E-state index contributed by atoms with van der Waals surface area (Å²) in [5.41, 5.74) is 0.546. The van der Waals surface area contributed by atoms with Crippen molar-refractivity contribution in [2.24, 2.45) is 0 Å². The normalized spacial score (nSPS) is 10.1. The third kappa shape index (κ3) is 5.55. The van der Waals surface area contributed by atoms with Crippen LogP contribution in [0, 0.1) is 10.1 Å². The fourth-order valence-electron chi connectivity index (χ4n) is 1.98. The predicted octanol–water partition coefficient (Wildman–Crippen LogP) is 2.83. The van der Waals surface area contributed by atoms with Gasteiger partial charge in [-0.3, -0.25) is 19.7 Å². The van der Waals surface area contributed by atoms with Gasteiger partial charge in [0.05, 0.1) is 17.2 Å². The molecule has 0 aromatic heterocycles. The highest BCUT2D eigenvalue weighted by Gasteiger charge is 2.15. The van der Waals surface area contributed by atoms with Crippen molar-refractivity contribution in [2.75, 3.05) is 25.5 Å². The first-order chi connectivity index (χ1) is 12.4. The van der Waals surface area contributed by atoms with Gasteiger partial charge in [-0.05, 0) is 40.2 Å². The number of nitro benzene ring substituents is 1. The Labute approximate surface area is 158 Å². The maximum Gasteiger partial charge on any atom is 0.269 e. The summed E-state index contributed by atoms with van der Waals surface area (Å²) in [7, 11) is 1.49. The van der Waals surface area contributed by atoms with Crippen molar-refractivity contribution in [1.82, 2.24) is 4.90 Å². The summed E-state index contributed by atoms with van der Waals surface area (Å²) in [6.07, 6.45) is 0. The number of carbonyl (C=O) groups is 2. The van der Waals surface area contributed by atoms with Crippen LogP contribution in [0.15, 0.2) is 53.0 Å². The zero-order chi connectivity index (χ0) is 19.1. The molecular formula is C17H16BrN3O5. The highest BCUT2D eigenvalue weighted by molar-refractivity contribution is 9.10. The molecule has 0 saturated heterocycles. The lowest BCUT2D eigenvalue weighted by Gasteiger charge is -2.17. The van der Waals surface area contributed by atoms with Crippen LogP contribution < -0.4 is 10.1 Å². The van der Waals surface area contributed by atoms with Crippen molar-refractivity contribution >= 4 is 39.1 Å². The number of nitro groups is 1. The van der Waals surface area contributed by atoms with E-state index in [-0.39, 0.29) is 24.7 Å². The first kappa shape index (κ1) is 19.4. The Morgan fingerprint density at radius 3 is 2.46 bits per heavy atom. The van der Waals surface area contributed by atoms with Crippen molar-refractivity contribution in [3.05, 3.63) is 63.1 Å². The Bertz CT molecular complexity index is 810. The molecule has 0 aliphatic heterocycles. The molecule has 0 heterocycles. The minimum Gasteiger partial charge on any atom is -0.484 e. The highest BCUT2D eigenvalue weighted by Crippen LogP contribution is 2.21. The molecule has 0 fully saturated rings. The number of hydrogen-bond acceptors (Lipinski definition) is 5. The smallest absolute Gasteiger partial charge is 0.269 e. The largest absolute Gasteiger partial charge is 0.484 e. The van der Waals surface area contributed by atoms with Crippen molar-refractivity contribution < 1.29 is 19.2 Å². The van der Waals surface area contributed by atoms with E-state index in [1.807, 2.05) is 6.07 Å². The van der Waals surface area contributed by atoms with E-state index in [2.05, 4.69) is 21.2 Å². The second-order valence-electron chi connectivity index (χ2n) is 5.32. The molecule has 8 nitrogen and oxygen atoms in total. The molecule has 2 amide bonds. The molecule has 0 saturated carbocycles. The molecular weight excluding hydrogens is 406 g/mol. The standard InChI is InChI=1S/C17H16BrN3O5/c1-20(10-16(22)19-15-5-3-2-4-14(15)18)17(23)11-26-13-8-6-12(7-9-13)21(24)25/h2-9H,10-11H2,1H3,(H,19,22). The van der Waals surface area contributed by atoms with E-state index >= 15 is 0 Å². The summed E-state index contributed by atoms with van der Waals surface area (Å²) in [6.45, 7) is -0.416. The number of non-ortho nitro benzene ring substituents is 1. The van der Waals surface area contributed by atoms with Crippen molar-refractivity contribution in [1.29, 1.82) is 0 Å². The van der Waals surface area contributed by atoms with E-state index in [0.29, 0.717) is 11.4 Å². The molecule has 2 rings (SSSR count). The van der Waals surface area contributed by atoms with E-state index in [0.717, 1.165) is 4.47 Å². The van der Waals surface area contributed by atoms with Gasteiger partial charge in [0.25, 0.3) is 11.6 Å². The summed E-state index contributed by atoms with van der Waals surface area (Å²) in [5.74, 6) is -0.413. The van der Waals surface area contributed by atoms with Crippen LogP contribution in [-0.4, -0.2) is 41.8 Å². The molecule has 9 heteroatoms. The lowest BCUT2D eigenvalue weighted by Crippen LogP contribution is -2.37. The van der Waals surface area contributed by atoms with Crippen LogP contribution in [0.2, 0.25) is 0 Å². The quantitative estimate of drug-likeness (QED) is 0.546. The number of rotatable bonds is 7. The number of ether oxygens (including phenoxy) is 1. The van der Waals surface area contributed by atoms with E-state index in [9.17, 15) is 19.7 Å². The zero-order valence-electron chi connectivity index (χ0n) is 13.8. The van der Waals surface area contributed by atoms with Gasteiger partial charge in [-0.15, -0.1) is 0 Å². The van der Waals surface area contributed by atoms with Gasteiger partial charge in [0.2, 0.25) is 5.91 Å². The Morgan fingerprint density at radius 1 is 1.19 bits per heavy atom. The summed E-state index contributed by atoms with van der Waals surface area (Å²) >= 11 is 3.33. The number of likely N-dealkylation sites (N-methyl/N-ethyl adjacent to an activating group) is 1. The number of halogens is 1. The highest BCUT2D eigenvalue weighted by atomic mass is 79.9. The summed E-state index contributed by atoms with van der Waals surface area (Å²) in [5, 5.41) is 13.3. The Balaban J connectivity index is 1.82. The summed E-state index contributed by atoms with van der Waals surface area (Å²) in [4.78, 5) is 35.4. The van der Waals surface area contributed by atoms with E-state index in [4.69, 9.17) is 4.74 Å². The van der Waals surface area contributed by atoms with Gasteiger partial charge in [-0.2, -0.15) is 0 Å². The number of hydrogen-bond donors (Lipinski definition) is 1. The molecule has 0 aliphatic rings. The van der Waals surface area contributed by atoms with Gasteiger partial charge in [-0.25, -0.2) is 0 Å². The maximum atomic E-state index is 12.0. The molecule has 2 aromatic rings. The number of benzene rings is 2. The molecule has 2 aromatic carbocycles. The Kier molecular flexibility index (Phi) is 6.67. The average molecular weight is 422 g/mol. The van der Waals surface area contributed by atoms with Crippen LogP contribution in [0.4, 0.5) is 11.4 Å². The van der Waals surface area contributed by atoms with Crippen molar-refractivity contribution in [2.45, 2.75) is 0 Å². The molecule has 0 bridgehead atoms. The molecule has 0 spiro atoms. The Hall–Kier alpha value is -2.94. The zero-order valence-corrected chi connectivity index (χ0v) is 15.4. The van der Waals surface area contributed by atoms with Crippen LogP contribution in [0.25, 0.3) is 0 Å². The van der Waals surface area contributed by atoms with Gasteiger partial charge in [0.15, 0.2) is 6.61 Å². The topological polar surface area (TPSA) is 102 Å². The van der Waals surface area contributed by atoms with Crippen LogP contribution in [-0.2, 0) is 9.59 Å². The summed E-state index contributed by atoms with van der Waals surface area (Å²) < 4.78 is 6.03. The number of nitrogens with zero attached hydrogens (tertiary/aromatic N) is 2. The molecule has 0 unspecified atom stereocenters. The molecule has 0 atom stereocenters. The van der Waals surface area contributed by atoms with Crippen LogP contribution >= 0.6 is 15.9 Å². The number of anilines is 1. The lowest BCUT2D eigenvalue weighted by atomic mass is 10.3. The number of amides is 2. The fourth-order valence-corrected chi connectivity index (χ4v) is 2.36. The molecule has 1 N–H and O–H groups in total. The monoisotopic (exact) mass is 421 g/mol. The lowest BCUT2D eigenvalue weighted by molar-refractivity contribution is -0.384. The molecule has 0 aliphatic carbocycles. The van der Waals surface area contributed by atoms with Gasteiger partial charge < -0.3 is 15.0 Å². The van der Waals surface area contributed by atoms with Gasteiger partial charge in [0, 0.05) is 23.7 Å². The number of carbonyl (C=O) groups excluding carboxylic acids is 2.